The lowest BCUT2D eigenvalue weighted by atomic mass is 10.1. The molecular weight excluding hydrogens is 292 g/mol. The van der Waals surface area contributed by atoms with Gasteiger partial charge in [-0.15, -0.1) is 0 Å². The van der Waals surface area contributed by atoms with Crippen LogP contribution in [-0.4, -0.2) is 24.6 Å². The normalized spacial score (nSPS) is 11.7. The molecule has 0 bridgehead atoms. The number of carbonyl (C=O) groups is 2. The predicted molar refractivity (Wildman–Crippen MR) is 87.0 cm³/mol. The van der Waals surface area contributed by atoms with Gasteiger partial charge in [-0.25, -0.2) is 4.79 Å². The minimum atomic E-state index is -1.16. The van der Waals surface area contributed by atoms with Crippen molar-refractivity contribution in [2.24, 2.45) is 0 Å². The summed E-state index contributed by atoms with van der Waals surface area (Å²) in [6.45, 7) is 2.05. The van der Waals surface area contributed by atoms with E-state index in [1.807, 2.05) is 36.4 Å². The number of Topliss-reactive ketones (excluding diaryl/α,β-unsaturated/α-hetero) is 1. The summed E-state index contributed by atoms with van der Waals surface area (Å²) in [5.41, 5.74) is 1.46. The van der Waals surface area contributed by atoms with Gasteiger partial charge in [-0.1, -0.05) is 48.5 Å². The van der Waals surface area contributed by atoms with E-state index in [0.29, 0.717) is 18.6 Å². The fourth-order valence-corrected chi connectivity index (χ4v) is 2.11. The van der Waals surface area contributed by atoms with Crippen LogP contribution in [0.25, 0.3) is 0 Å². The van der Waals surface area contributed by atoms with Crippen molar-refractivity contribution in [3.05, 3.63) is 71.8 Å². The largest absolute Gasteiger partial charge is 0.424 e. The molecule has 2 rings (SSSR count). The zero-order chi connectivity index (χ0) is 16.5. The topological polar surface area (TPSA) is 52.6 Å². The van der Waals surface area contributed by atoms with Crippen molar-refractivity contribution in [1.82, 2.24) is 0 Å². The van der Waals surface area contributed by atoms with Crippen LogP contribution in [-0.2, 0) is 20.7 Å². The molecule has 4 nitrogen and oxygen atoms in total. The standard InChI is InChI=1S/C19H20O4/c1-2-22-19(23-18(21)16-11-7-4-8-12-16)17(20)14-13-15-9-5-3-6-10-15/h3-12,19H,2,13-14H2,1H3. The minimum absolute atomic E-state index is 0.236. The first kappa shape index (κ1) is 16.9. The van der Waals surface area contributed by atoms with Crippen LogP contribution < -0.4 is 0 Å². The highest BCUT2D eigenvalue weighted by Gasteiger charge is 2.23. The van der Waals surface area contributed by atoms with E-state index < -0.39 is 12.3 Å². The first-order valence-electron chi connectivity index (χ1n) is 7.65. The molecular formula is C19H20O4. The Hall–Kier alpha value is -2.46. The highest BCUT2D eigenvalue weighted by Crippen LogP contribution is 2.10. The second-order valence-corrected chi connectivity index (χ2v) is 5.01. The third kappa shape index (κ3) is 5.34. The second-order valence-electron chi connectivity index (χ2n) is 5.01. The Kier molecular flexibility index (Phi) is 6.51. The molecule has 0 N–H and O–H groups in total. The van der Waals surface area contributed by atoms with Crippen molar-refractivity contribution in [2.45, 2.75) is 26.1 Å². The van der Waals surface area contributed by atoms with Gasteiger partial charge in [0.1, 0.15) is 0 Å². The summed E-state index contributed by atoms with van der Waals surface area (Å²) in [5.74, 6) is -0.794. The molecule has 0 fully saturated rings. The molecule has 0 saturated heterocycles. The van der Waals surface area contributed by atoms with E-state index in [-0.39, 0.29) is 12.2 Å². The molecule has 120 valence electrons. The molecule has 0 heterocycles. The van der Waals surface area contributed by atoms with Crippen molar-refractivity contribution < 1.29 is 19.1 Å². The Morgan fingerprint density at radius 3 is 2.17 bits per heavy atom. The number of benzene rings is 2. The Morgan fingerprint density at radius 2 is 1.57 bits per heavy atom. The average Bonchev–Trinajstić information content (AvgIpc) is 2.61. The SMILES string of the molecule is CCOC(OC(=O)c1ccccc1)C(=O)CCc1ccccc1. The monoisotopic (exact) mass is 312 g/mol. The molecule has 23 heavy (non-hydrogen) atoms. The summed E-state index contributed by atoms with van der Waals surface area (Å²) in [6, 6.07) is 18.3. The molecule has 0 spiro atoms. The molecule has 2 aromatic rings. The van der Waals surface area contributed by atoms with Crippen LogP contribution in [0.2, 0.25) is 0 Å². The smallest absolute Gasteiger partial charge is 0.340 e. The minimum Gasteiger partial charge on any atom is -0.424 e. The fourth-order valence-electron chi connectivity index (χ4n) is 2.11. The molecule has 4 heteroatoms. The van der Waals surface area contributed by atoms with Crippen LogP contribution in [0.5, 0.6) is 0 Å². The molecule has 0 aliphatic rings. The molecule has 0 aromatic heterocycles. The van der Waals surface area contributed by atoms with Gasteiger partial charge in [-0.3, -0.25) is 4.79 Å². The average molecular weight is 312 g/mol. The molecule has 1 atom stereocenters. The van der Waals surface area contributed by atoms with E-state index in [9.17, 15) is 9.59 Å². The van der Waals surface area contributed by atoms with E-state index in [4.69, 9.17) is 9.47 Å². The van der Waals surface area contributed by atoms with Crippen LogP contribution in [0, 0.1) is 0 Å². The summed E-state index contributed by atoms with van der Waals surface area (Å²) in [5, 5.41) is 0. The van der Waals surface area contributed by atoms with Crippen molar-refractivity contribution in [2.75, 3.05) is 6.61 Å². The zero-order valence-electron chi connectivity index (χ0n) is 13.1. The number of ketones is 1. The molecule has 0 saturated carbocycles. The number of hydrogen-bond acceptors (Lipinski definition) is 4. The predicted octanol–water partition coefficient (Wildman–Crippen LogP) is 3.41. The Morgan fingerprint density at radius 1 is 0.957 bits per heavy atom. The van der Waals surface area contributed by atoms with Crippen molar-refractivity contribution in [3.63, 3.8) is 0 Å². The van der Waals surface area contributed by atoms with Gasteiger partial charge >= 0.3 is 5.97 Å². The van der Waals surface area contributed by atoms with Gasteiger partial charge in [0.05, 0.1) is 5.56 Å². The summed E-state index contributed by atoms with van der Waals surface area (Å²) in [7, 11) is 0. The summed E-state index contributed by atoms with van der Waals surface area (Å²) in [4.78, 5) is 24.3. The highest BCUT2D eigenvalue weighted by molar-refractivity contribution is 5.92. The summed E-state index contributed by atoms with van der Waals surface area (Å²) in [6.07, 6.45) is -0.306. The van der Waals surface area contributed by atoms with E-state index >= 15 is 0 Å². The van der Waals surface area contributed by atoms with E-state index in [1.165, 1.54) is 0 Å². The third-order valence-electron chi connectivity index (χ3n) is 3.31. The highest BCUT2D eigenvalue weighted by atomic mass is 16.7. The van der Waals surface area contributed by atoms with Crippen LogP contribution >= 0.6 is 0 Å². The van der Waals surface area contributed by atoms with E-state index in [1.54, 1.807) is 31.2 Å². The van der Waals surface area contributed by atoms with Crippen LogP contribution in [0.3, 0.4) is 0 Å². The second kappa shape index (κ2) is 8.86. The van der Waals surface area contributed by atoms with Gasteiger partial charge in [-0.05, 0) is 31.0 Å². The Balaban J connectivity index is 1.94. The van der Waals surface area contributed by atoms with Crippen molar-refractivity contribution >= 4 is 11.8 Å². The first-order valence-corrected chi connectivity index (χ1v) is 7.65. The molecule has 1 unspecified atom stereocenters. The van der Waals surface area contributed by atoms with Gasteiger partial charge in [0.2, 0.25) is 5.78 Å². The maximum Gasteiger partial charge on any atom is 0.340 e. The molecule has 0 aliphatic carbocycles. The van der Waals surface area contributed by atoms with Gasteiger partial charge < -0.3 is 9.47 Å². The number of aryl methyl sites for hydroxylation is 1. The number of rotatable bonds is 8. The van der Waals surface area contributed by atoms with E-state index in [2.05, 4.69) is 0 Å². The molecule has 0 aliphatic heterocycles. The van der Waals surface area contributed by atoms with Gasteiger partial charge in [0, 0.05) is 13.0 Å². The van der Waals surface area contributed by atoms with Gasteiger partial charge in [0.15, 0.2) is 0 Å². The van der Waals surface area contributed by atoms with Crippen LogP contribution in [0.1, 0.15) is 29.3 Å². The maximum atomic E-state index is 12.3. The van der Waals surface area contributed by atoms with Gasteiger partial charge in [0.25, 0.3) is 6.29 Å². The number of hydrogen-bond donors (Lipinski definition) is 0. The summed E-state index contributed by atoms with van der Waals surface area (Å²) < 4.78 is 10.5. The zero-order valence-corrected chi connectivity index (χ0v) is 13.1. The lowest BCUT2D eigenvalue weighted by molar-refractivity contribution is -0.156. The first-order chi connectivity index (χ1) is 11.2. The number of esters is 1. The molecule has 2 aromatic carbocycles. The van der Waals surface area contributed by atoms with Crippen molar-refractivity contribution in [3.8, 4) is 0 Å². The summed E-state index contributed by atoms with van der Waals surface area (Å²) >= 11 is 0. The lowest BCUT2D eigenvalue weighted by Gasteiger charge is -2.16. The Labute approximate surface area is 136 Å². The quantitative estimate of drug-likeness (QED) is 0.554. The molecule has 0 amide bonds. The van der Waals surface area contributed by atoms with Crippen LogP contribution in [0.4, 0.5) is 0 Å². The maximum absolute atomic E-state index is 12.3. The van der Waals surface area contributed by atoms with Crippen LogP contribution in [0.15, 0.2) is 60.7 Å². The lowest BCUT2D eigenvalue weighted by Crippen LogP contribution is -2.30. The van der Waals surface area contributed by atoms with Crippen molar-refractivity contribution in [1.29, 1.82) is 0 Å². The van der Waals surface area contributed by atoms with E-state index in [0.717, 1.165) is 5.56 Å². The number of ether oxygens (including phenoxy) is 2. The third-order valence-corrected chi connectivity index (χ3v) is 3.31. The fraction of sp³-hybridized carbons (Fsp3) is 0.263. The molecule has 0 radical (unpaired) electrons. The van der Waals surface area contributed by atoms with Gasteiger partial charge in [-0.2, -0.15) is 0 Å². The number of carbonyl (C=O) groups excluding carboxylic acids is 2. The Bertz CT molecular complexity index is 622.